The molecule has 0 atom stereocenters. The molecule has 0 saturated heterocycles. The third kappa shape index (κ3) is 5.20. The molecule has 0 aliphatic heterocycles. The lowest BCUT2D eigenvalue weighted by atomic mass is 9.32. The summed E-state index contributed by atoms with van der Waals surface area (Å²) in [4.78, 5) is 15.0. The van der Waals surface area contributed by atoms with Gasteiger partial charge in [0.1, 0.15) is 0 Å². The molecule has 0 amide bonds. The quantitative estimate of drug-likeness (QED) is 0.164. The van der Waals surface area contributed by atoms with Crippen molar-refractivity contribution in [2.24, 2.45) is 41.4 Å². The molecule has 7 aliphatic carbocycles. The molecule has 0 N–H and O–H groups in total. The Balaban J connectivity index is 0.922. The molecule has 272 valence electrons. The molecule has 7 aliphatic rings. The van der Waals surface area contributed by atoms with Crippen molar-refractivity contribution in [3.05, 3.63) is 163 Å². The van der Waals surface area contributed by atoms with E-state index in [9.17, 15) is 0 Å². The van der Waals surface area contributed by atoms with Crippen LogP contribution in [0.25, 0.3) is 67.5 Å². The summed E-state index contributed by atoms with van der Waals surface area (Å²) >= 11 is 0. The van der Waals surface area contributed by atoms with E-state index in [0.717, 1.165) is 63.7 Å². The zero-order valence-corrected chi connectivity index (χ0v) is 31.6. The smallest absolute Gasteiger partial charge is 0.164 e. The van der Waals surface area contributed by atoms with Gasteiger partial charge in [-0.2, -0.15) is 0 Å². The van der Waals surface area contributed by atoms with Crippen LogP contribution in [0.3, 0.4) is 0 Å². The minimum atomic E-state index is 0.407. The molecule has 6 aromatic carbocycles. The molecule has 7 aromatic rings. The highest BCUT2D eigenvalue weighted by Gasteiger charge is 2.67. The first kappa shape index (κ1) is 32.6. The van der Waals surface area contributed by atoms with Gasteiger partial charge in [-0.1, -0.05) is 146 Å². The van der Waals surface area contributed by atoms with E-state index in [1.165, 1.54) is 47.1 Å². The molecule has 1 heterocycles. The van der Waals surface area contributed by atoms with Gasteiger partial charge in [-0.15, -0.1) is 0 Å². The summed E-state index contributed by atoms with van der Waals surface area (Å²) in [7, 11) is 0. The minimum Gasteiger partial charge on any atom is -0.208 e. The zero-order chi connectivity index (χ0) is 36.8. The lowest BCUT2D eigenvalue weighted by Gasteiger charge is -2.72. The fourth-order valence-electron chi connectivity index (χ4n) is 12.9. The summed E-state index contributed by atoms with van der Waals surface area (Å²) in [5, 5.41) is 0. The second-order valence-electron chi connectivity index (χ2n) is 17.8. The molecular weight excluding hydrogens is 679 g/mol. The van der Waals surface area contributed by atoms with Crippen molar-refractivity contribution in [3.8, 4) is 67.5 Å². The van der Waals surface area contributed by atoms with Crippen LogP contribution < -0.4 is 0 Å². The summed E-state index contributed by atoms with van der Waals surface area (Å²) in [6.45, 7) is 0. The monoisotopic (exact) mass is 723 g/mol. The molecule has 3 heteroatoms. The summed E-state index contributed by atoms with van der Waals surface area (Å²) in [5.41, 5.74) is 12.2. The van der Waals surface area contributed by atoms with E-state index in [1.54, 1.807) is 24.8 Å². The van der Waals surface area contributed by atoms with Gasteiger partial charge in [-0.25, -0.2) is 15.0 Å². The number of rotatable bonds is 7. The average Bonchev–Trinajstić information content (AvgIpc) is 3.28. The van der Waals surface area contributed by atoms with Crippen LogP contribution >= 0.6 is 0 Å². The SMILES string of the molecule is c1ccc(-c2nc(-c3ccccc3)nc(-c3cccc(-c4cc(-c5ccc(C67CC8C9CC%10CC8C(C6)C(C%10)C9C7)cc5)ccc4-c4ccccc4)c3)n2)cc1. The second-order valence-corrected chi connectivity index (χ2v) is 17.8. The topological polar surface area (TPSA) is 38.7 Å². The number of aromatic nitrogens is 3. The van der Waals surface area contributed by atoms with Crippen molar-refractivity contribution in [1.82, 2.24) is 15.0 Å². The van der Waals surface area contributed by atoms with E-state index in [4.69, 9.17) is 15.0 Å². The second kappa shape index (κ2) is 12.7. The van der Waals surface area contributed by atoms with Crippen LogP contribution in [0.5, 0.6) is 0 Å². The first-order valence-electron chi connectivity index (χ1n) is 20.9. The number of hydrogen-bond donors (Lipinski definition) is 0. The molecule has 0 radical (unpaired) electrons. The van der Waals surface area contributed by atoms with Crippen molar-refractivity contribution >= 4 is 0 Å². The Labute approximate surface area is 330 Å². The summed E-state index contributed by atoms with van der Waals surface area (Å²) in [6, 6.07) is 56.8. The van der Waals surface area contributed by atoms with Gasteiger partial charge in [0, 0.05) is 16.7 Å². The lowest BCUT2D eigenvalue weighted by Crippen LogP contribution is -2.66. The first-order valence-corrected chi connectivity index (χ1v) is 20.9. The molecule has 0 spiro atoms. The van der Waals surface area contributed by atoms with Crippen LogP contribution in [0, 0.1) is 41.4 Å². The van der Waals surface area contributed by atoms with E-state index in [2.05, 4.69) is 121 Å². The maximum Gasteiger partial charge on any atom is 0.164 e. The Hall–Kier alpha value is -5.67. The van der Waals surface area contributed by atoms with Crippen LogP contribution in [0.15, 0.2) is 158 Å². The molecule has 0 unspecified atom stereocenters. The average molecular weight is 724 g/mol. The number of nitrogens with zero attached hydrogens (tertiary/aromatic N) is 3. The largest absolute Gasteiger partial charge is 0.208 e. The van der Waals surface area contributed by atoms with Crippen molar-refractivity contribution in [1.29, 1.82) is 0 Å². The van der Waals surface area contributed by atoms with Crippen LogP contribution in [0.4, 0.5) is 0 Å². The van der Waals surface area contributed by atoms with E-state index in [1.807, 2.05) is 36.4 Å². The molecule has 1 aromatic heterocycles. The van der Waals surface area contributed by atoms with Gasteiger partial charge in [0.2, 0.25) is 0 Å². The summed E-state index contributed by atoms with van der Waals surface area (Å²) < 4.78 is 0. The molecule has 14 rings (SSSR count). The molecule has 3 nitrogen and oxygen atoms in total. The Morgan fingerprint density at radius 3 is 1.36 bits per heavy atom. The van der Waals surface area contributed by atoms with E-state index < -0.39 is 0 Å². The van der Waals surface area contributed by atoms with E-state index in [0.29, 0.717) is 22.9 Å². The fourth-order valence-corrected chi connectivity index (χ4v) is 12.9. The predicted octanol–water partition coefficient (Wildman–Crippen LogP) is 12.8. The number of benzene rings is 6. The van der Waals surface area contributed by atoms with Crippen molar-refractivity contribution in [2.45, 2.75) is 43.9 Å². The van der Waals surface area contributed by atoms with Crippen molar-refractivity contribution in [2.75, 3.05) is 0 Å². The molecular formula is C53H45N3. The zero-order valence-electron chi connectivity index (χ0n) is 31.6. The standard InChI is InChI=1S/C53H45N3/c1-4-11-35(12-5-1)42-24-21-38(34-19-22-41(23-20-34)53-30-47-44-25-33-26-45(47)49(32-53)46(27-33)48(44)31-53)29-43(42)39-17-10-18-40(28-39)52-55-50(36-13-6-2-7-14-36)54-51(56-52)37-15-8-3-9-16-37/h1-24,28-29,33,44-49H,25-27,30-32H2. The van der Waals surface area contributed by atoms with Gasteiger partial charge in [0.05, 0.1) is 0 Å². The highest BCUT2D eigenvalue weighted by Crippen LogP contribution is 2.74. The van der Waals surface area contributed by atoms with E-state index in [-0.39, 0.29) is 0 Å². The normalized spacial score (nSPS) is 27.8. The molecule has 7 saturated carbocycles. The maximum atomic E-state index is 5.06. The van der Waals surface area contributed by atoms with Crippen LogP contribution in [0.1, 0.15) is 44.1 Å². The van der Waals surface area contributed by atoms with Crippen LogP contribution in [-0.4, -0.2) is 15.0 Å². The Kier molecular flexibility index (Phi) is 7.37. The lowest BCUT2D eigenvalue weighted by molar-refractivity contribution is -0.212. The third-order valence-corrected chi connectivity index (χ3v) is 15.1. The molecule has 8 bridgehead atoms. The van der Waals surface area contributed by atoms with Gasteiger partial charge in [-0.3, -0.25) is 0 Å². The van der Waals surface area contributed by atoms with Gasteiger partial charge in [0.15, 0.2) is 17.5 Å². The molecule has 56 heavy (non-hydrogen) atoms. The summed E-state index contributed by atoms with van der Waals surface area (Å²) in [5.74, 6) is 9.19. The maximum absolute atomic E-state index is 5.06. The first-order chi connectivity index (χ1) is 27.7. The van der Waals surface area contributed by atoms with Gasteiger partial charge < -0.3 is 0 Å². The fraction of sp³-hybridized carbons (Fsp3) is 0.264. The van der Waals surface area contributed by atoms with Gasteiger partial charge in [-0.05, 0) is 136 Å². The third-order valence-electron chi connectivity index (χ3n) is 15.1. The molecule has 7 fully saturated rings. The number of hydrogen-bond acceptors (Lipinski definition) is 3. The highest BCUT2D eigenvalue weighted by molar-refractivity contribution is 5.88. The van der Waals surface area contributed by atoms with Crippen LogP contribution in [-0.2, 0) is 5.41 Å². The van der Waals surface area contributed by atoms with E-state index >= 15 is 0 Å². The predicted molar refractivity (Wildman–Crippen MR) is 226 cm³/mol. The van der Waals surface area contributed by atoms with Crippen molar-refractivity contribution in [3.63, 3.8) is 0 Å². The Bertz CT molecular complexity index is 2460. The highest BCUT2D eigenvalue weighted by atomic mass is 15.0. The minimum absolute atomic E-state index is 0.407. The van der Waals surface area contributed by atoms with Gasteiger partial charge in [0.25, 0.3) is 0 Å². The van der Waals surface area contributed by atoms with Crippen LogP contribution in [0.2, 0.25) is 0 Å². The summed E-state index contributed by atoms with van der Waals surface area (Å²) in [6.07, 6.45) is 8.98. The Morgan fingerprint density at radius 1 is 0.339 bits per heavy atom. The van der Waals surface area contributed by atoms with Gasteiger partial charge >= 0.3 is 0 Å². The Morgan fingerprint density at radius 2 is 0.804 bits per heavy atom. The van der Waals surface area contributed by atoms with Crippen molar-refractivity contribution < 1.29 is 0 Å².